The SMILES string of the molecule is COc1ccc(CN2CC(C#Cc3cccc4cc([C@H](C)NC(=O)c5c(N)nn6cccnc56)n(-c5ccccc5)c(=O)c34)CC2=O)c(OC)c1. The van der Waals surface area contributed by atoms with E-state index in [1.807, 2.05) is 66.7 Å². The molecule has 12 nitrogen and oxygen atoms in total. The minimum atomic E-state index is -0.623. The lowest BCUT2D eigenvalue weighted by molar-refractivity contribution is -0.128. The van der Waals surface area contributed by atoms with Crippen molar-refractivity contribution in [3.63, 3.8) is 0 Å². The van der Waals surface area contributed by atoms with E-state index in [2.05, 4.69) is 27.2 Å². The first-order valence-electron chi connectivity index (χ1n) is 16.4. The normalized spacial score (nSPS) is 14.7. The number of nitrogens with one attached hydrogen (secondary N) is 1. The molecule has 2 atom stereocenters. The van der Waals surface area contributed by atoms with Crippen LogP contribution in [0.3, 0.4) is 0 Å². The number of benzene rings is 3. The summed E-state index contributed by atoms with van der Waals surface area (Å²) in [7, 11) is 3.18. The molecule has 1 fully saturated rings. The van der Waals surface area contributed by atoms with E-state index in [1.165, 1.54) is 4.52 Å². The predicted molar refractivity (Wildman–Crippen MR) is 193 cm³/mol. The number of aromatic nitrogens is 4. The number of nitrogen functional groups attached to an aromatic ring is 1. The average molecular weight is 682 g/mol. The minimum Gasteiger partial charge on any atom is -0.497 e. The number of methoxy groups -OCH3 is 2. The van der Waals surface area contributed by atoms with Crippen molar-refractivity contribution < 1.29 is 19.1 Å². The Morgan fingerprint density at radius 1 is 1.04 bits per heavy atom. The number of fused-ring (bicyclic) bond motifs is 2. The number of nitrogens with two attached hydrogens (primary N) is 1. The molecule has 1 unspecified atom stereocenters. The van der Waals surface area contributed by atoms with Gasteiger partial charge in [-0.05, 0) is 54.8 Å². The quantitative estimate of drug-likeness (QED) is 0.223. The van der Waals surface area contributed by atoms with Gasteiger partial charge in [0.1, 0.15) is 17.1 Å². The smallest absolute Gasteiger partial charge is 0.264 e. The van der Waals surface area contributed by atoms with Gasteiger partial charge in [-0.1, -0.05) is 42.2 Å². The summed E-state index contributed by atoms with van der Waals surface area (Å²) in [6.45, 7) is 2.65. The molecule has 256 valence electrons. The van der Waals surface area contributed by atoms with Crippen LogP contribution in [0, 0.1) is 17.8 Å². The van der Waals surface area contributed by atoms with Crippen LogP contribution < -0.4 is 26.1 Å². The van der Waals surface area contributed by atoms with Crippen LogP contribution in [0.5, 0.6) is 11.5 Å². The number of ether oxygens (including phenoxy) is 2. The molecule has 51 heavy (non-hydrogen) atoms. The summed E-state index contributed by atoms with van der Waals surface area (Å²) in [6, 6.07) is 23.2. The number of carbonyl (C=O) groups is 2. The van der Waals surface area contributed by atoms with Crippen molar-refractivity contribution in [2.75, 3.05) is 26.5 Å². The van der Waals surface area contributed by atoms with Crippen LogP contribution in [0.4, 0.5) is 5.82 Å². The Balaban J connectivity index is 1.21. The molecule has 4 heterocycles. The molecule has 0 aliphatic carbocycles. The van der Waals surface area contributed by atoms with Crippen molar-refractivity contribution in [1.29, 1.82) is 0 Å². The Morgan fingerprint density at radius 2 is 1.86 bits per heavy atom. The van der Waals surface area contributed by atoms with Gasteiger partial charge in [-0.3, -0.25) is 19.0 Å². The third kappa shape index (κ3) is 6.33. The van der Waals surface area contributed by atoms with Crippen LogP contribution in [0.1, 0.15) is 46.6 Å². The number of hydrogen-bond donors (Lipinski definition) is 2. The Morgan fingerprint density at radius 3 is 2.65 bits per heavy atom. The van der Waals surface area contributed by atoms with E-state index in [-0.39, 0.29) is 35.2 Å². The molecule has 3 N–H and O–H groups in total. The van der Waals surface area contributed by atoms with Crippen molar-refractivity contribution in [3.8, 4) is 29.0 Å². The van der Waals surface area contributed by atoms with Crippen LogP contribution in [0.25, 0.3) is 22.1 Å². The number of hydrogen-bond acceptors (Lipinski definition) is 8. The number of rotatable bonds is 8. The maximum absolute atomic E-state index is 14.5. The summed E-state index contributed by atoms with van der Waals surface area (Å²) in [4.78, 5) is 47.1. The fraction of sp³-hybridized carbons (Fsp3) is 0.205. The van der Waals surface area contributed by atoms with Gasteiger partial charge in [0, 0.05) is 66.4 Å². The molecule has 1 saturated heterocycles. The molecule has 6 aromatic rings. The van der Waals surface area contributed by atoms with Gasteiger partial charge < -0.3 is 25.4 Å². The van der Waals surface area contributed by atoms with E-state index >= 15 is 0 Å². The lowest BCUT2D eigenvalue weighted by Crippen LogP contribution is -2.32. The minimum absolute atomic E-state index is 0.00106. The Labute approximate surface area is 293 Å². The highest BCUT2D eigenvalue weighted by Gasteiger charge is 2.29. The van der Waals surface area contributed by atoms with Crippen LogP contribution >= 0.6 is 0 Å². The monoisotopic (exact) mass is 681 g/mol. The zero-order valence-electron chi connectivity index (χ0n) is 28.3. The average Bonchev–Trinajstić information content (AvgIpc) is 3.68. The van der Waals surface area contributed by atoms with E-state index in [9.17, 15) is 14.4 Å². The maximum Gasteiger partial charge on any atom is 0.264 e. The van der Waals surface area contributed by atoms with Crippen LogP contribution in [0.15, 0.2) is 96.1 Å². The van der Waals surface area contributed by atoms with Crippen LogP contribution in [-0.4, -0.2) is 56.6 Å². The fourth-order valence-corrected chi connectivity index (χ4v) is 6.50. The third-order valence-electron chi connectivity index (χ3n) is 9.01. The van der Waals surface area contributed by atoms with Gasteiger partial charge >= 0.3 is 0 Å². The summed E-state index contributed by atoms with van der Waals surface area (Å²) in [5.74, 6) is 7.19. The van der Waals surface area contributed by atoms with Crippen LogP contribution in [-0.2, 0) is 11.3 Å². The summed E-state index contributed by atoms with van der Waals surface area (Å²) in [5.41, 5.74) is 8.93. The third-order valence-corrected chi connectivity index (χ3v) is 9.01. The number of para-hydroxylation sites is 1. The Bertz CT molecular complexity index is 2430. The largest absolute Gasteiger partial charge is 0.497 e. The second-order valence-electron chi connectivity index (χ2n) is 12.3. The predicted octanol–water partition coefficient (Wildman–Crippen LogP) is 4.52. The Hall–Kier alpha value is -6.61. The zero-order valence-corrected chi connectivity index (χ0v) is 28.3. The van der Waals surface area contributed by atoms with Gasteiger partial charge in [0.2, 0.25) is 5.91 Å². The number of amides is 2. The number of pyridine rings is 1. The molecule has 0 spiro atoms. The van der Waals surface area contributed by atoms with Gasteiger partial charge in [-0.25, -0.2) is 9.50 Å². The number of carbonyl (C=O) groups excluding carboxylic acids is 2. The molecular formula is C39H35N7O5. The van der Waals surface area contributed by atoms with Crippen molar-refractivity contribution in [3.05, 3.63) is 124 Å². The standard InChI is InChI=1S/C39H35N7O5/c1-24(42-38(48)35-36(40)43-45-18-8-17-41-37(35)45)31-20-27-10-7-9-26(34(27)39(49)46(31)29-11-5-4-6-12-29)14-13-25-19-33(47)44(22-25)23-28-15-16-30(50-2)21-32(28)51-3/h4-12,15-18,20-21,24-25H,19,22-23H2,1-3H3,(H2,40,43)(H,42,48)/t24-,25?/m0/s1. The van der Waals surface area contributed by atoms with Gasteiger partial charge in [0.05, 0.1) is 25.6 Å². The Kier molecular flexibility index (Phi) is 8.85. The van der Waals surface area contributed by atoms with E-state index in [0.717, 1.165) is 5.56 Å². The van der Waals surface area contributed by atoms with Crippen molar-refractivity contribution >= 4 is 34.1 Å². The molecule has 3 aromatic carbocycles. The highest BCUT2D eigenvalue weighted by atomic mass is 16.5. The molecule has 0 radical (unpaired) electrons. The maximum atomic E-state index is 14.5. The highest BCUT2D eigenvalue weighted by molar-refractivity contribution is 6.04. The first kappa shape index (κ1) is 32.9. The molecule has 0 bridgehead atoms. The lowest BCUT2D eigenvalue weighted by atomic mass is 10.0. The highest BCUT2D eigenvalue weighted by Crippen LogP contribution is 2.29. The number of nitrogens with zero attached hydrogens (tertiary/aromatic N) is 5. The zero-order chi connectivity index (χ0) is 35.6. The van der Waals surface area contributed by atoms with Crippen molar-refractivity contribution in [1.82, 2.24) is 29.4 Å². The molecule has 3 aromatic heterocycles. The second-order valence-corrected chi connectivity index (χ2v) is 12.3. The molecular weight excluding hydrogens is 646 g/mol. The summed E-state index contributed by atoms with van der Waals surface area (Å²) < 4.78 is 13.9. The van der Waals surface area contributed by atoms with Crippen molar-refractivity contribution in [2.45, 2.75) is 25.9 Å². The van der Waals surface area contributed by atoms with E-state index in [0.29, 0.717) is 58.0 Å². The summed E-state index contributed by atoms with van der Waals surface area (Å²) >= 11 is 0. The van der Waals surface area contributed by atoms with Crippen LogP contribution in [0.2, 0.25) is 0 Å². The molecule has 1 aliphatic heterocycles. The number of likely N-dealkylation sites (tertiary alicyclic amines) is 1. The molecule has 0 saturated carbocycles. The van der Waals surface area contributed by atoms with E-state index < -0.39 is 11.9 Å². The fourth-order valence-electron chi connectivity index (χ4n) is 6.50. The second kappa shape index (κ2) is 13.7. The van der Waals surface area contributed by atoms with Gasteiger partial charge in [-0.2, -0.15) is 0 Å². The molecule has 7 rings (SSSR count). The first-order chi connectivity index (χ1) is 24.7. The lowest BCUT2D eigenvalue weighted by Gasteiger charge is -2.21. The van der Waals surface area contributed by atoms with Gasteiger partial charge in [-0.15, -0.1) is 5.10 Å². The van der Waals surface area contributed by atoms with E-state index in [1.54, 1.807) is 55.1 Å². The molecule has 12 heteroatoms. The summed E-state index contributed by atoms with van der Waals surface area (Å²) in [5, 5.41) is 8.31. The van der Waals surface area contributed by atoms with Crippen molar-refractivity contribution in [2.24, 2.45) is 5.92 Å². The number of anilines is 1. The summed E-state index contributed by atoms with van der Waals surface area (Å²) in [6.07, 6.45) is 3.50. The van der Waals surface area contributed by atoms with Gasteiger partial charge in [0.25, 0.3) is 11.5 Å². The van der Waals surface area contributed by atoms with Gasteiger partial charge in [0.15, 0.2) is 11.5 Å². The molecule has 2 amide bonds. The van der Waals surface area contributed by atoms with E-state index in [4.69, 9.17) is 15.2 Å². The molecule has 1 aliphatic rings. The first-order valence-corrected chi connectivity index (χ1v) is 16.4. The topological polar surface area (TPSA) is 146 Å².